The van der Waals surface area contributed by atoms with Crippen LogP contribution >= 0.6 is 15.6 Å². The van der Waals surface area contributed by atoms with Gasteiger partial charge in [-0.25, -0.2) is 9.13 Å². The Kier molecular flexibility index (Phi) is 37.9. The zero-order valence-corrected chi connectivity index (χ0v) is 39.1. The van der Waals surface area contributed by atoms with E-state index >= 15 is 0 Å². The summed E-state index contributed by atoms with van der Waals surface area (Å²) in [7, 11) is -9.75. The van der Waals surface area contributed by atoms with Crippen LogP contribution in [0.25, 0.3) is 0 Å². The molecule has 0 bridgehead atoms. The number of carbonyl (C=O) groups is 2. The van der Waals surface area contributed by atoms with Gasteiger partial charge in [0.25, 0.3) is 0 Å². The third-order valence-electron chi connectivity index (χ3n) is 9.19. The van der Waals surface area contributed by atoms with Gasteiger partial charge in [0, 0.05) is 12.8 Å². The zero-order valence-electron chi connectivity index (χ0n) is 37.3. The van der Waals surface area contributed by atoms with Gasteiger partial charge < -0.3 is 34.4 Å². The molecule has 0 aliphatic rings. The van der Waals surface area contributed by atoms with Crippen LogP contribution in [0.5, 0.6) is 0 Å². The number of aliphatic hydroxyl groups is 2. The quantitative estimate of drug-likeness (QED) is 0.0127. The predicted molar refractivity (Wildman–Crippen MR) is 240 cm³/mol. The lowest BCUT2D eigenvalue weighted by atomic mass is 10.0. The molecule has 0 heterocycles. The molecule has 0 spiro atoms. The number of ether oxygens (including phenoxy) is 2. The number of aliphatic hydroxyl groups excluding tert-OH is 2. The highest BCUT2D eigenvalue weighted by Crippen LogP contribution is 2.43. The second-order valence-corrected chi connectivity index (χ2v) is 18.3. The lowest BCUT2D eigenvalue weighted by Gasteiger charge is -2.20. The van der Waals surface area contributed by atoms with Gasteiger partial charge in [0.15, 0.2) is 6.10 Å². The molecule has 14 nitrogen and oxygen atoms in total. The third-order valence-corrected chi connectivity index (χ3v) is 10.6. The Balaban J connectivity index is 4.69. The predicted octanol–water partition coefficient (Wildman–Crippen LogP) is 10.4. The highest BCUT2D eigenvalue weighted by atomic mass is 31.2. The highest BCUT2D eigenvalue weighted by molar-refractivity contribution is 7.47. The number of hydrogen-bond acceptors (Lipinski definition) is 11. The Bertz CT molecular complexity index is 1340. The number of rotatable bonds is 41. The molecule has 0 aromatic rings. The number of phosphoric ester groups is 2. The lowest BCUT2D eigenvalue weighted by molar-refractivity contribution is -0.161. The number of hydrogen-bond donors (Lipinski definition) is 5. The first-order valence-corrected chi connectivity index (χ1v) is 25.5. The van der Waals surface area contributed by atoms with E-state index in [1.807, 2.05) is 12.2 Å². The van der Waals surface area contributed by atoms with Crippen LogP contribution in [0.15, 0.2) is 60.8 Å². The minimum Gasteiger partial charge on any atom is -0.462 e. The number of carbonyl (C=O) groups excluding carboxylic acids is 2. The molecule has 0 rings (SSSR count). The minimum atomic E-state index is -4.89. The molecule has 5 N–H and O–H groups in total. The summed E-state index contributed by atoms with van der Waals surface area (Å²) in [6, 6.07) is 0. The smallest absolute Gasteiger partial charge is 0.462 e. The van der Waals surface area contributed by atoms with Crippen LogP contribution in [0.3, 0.4) is 0 Å². The van der Waals surface area contributed by atoms with Gasteiger partial charge in [-0.3, -0.25) is 23.2 Å². The van der Waals surface area contributed by atoms with Crippen molar-refractivity contribution >= 4 is 27.6 Å². The molecule has 354 valence electrons. The van der Waals surface area contributed by atoms with E-state index in [9.17, 15) is 33.8 Å². The van der Waals surface area contributed by atoms with E-state index < -0.39 is 72.3 Å². The van der Waals surface area contributed by atoms with Gasteiger partial charge in [0.2, 0.25) is 0 Å². The summed E-state index contributed by atoms with van der Waals surface area (Å²) in [6.07, 6.45) is 36.8. The lowest BCUT2D eigenvalue weighted by Crippen LogP contribution is -2.30. The monoisotopic (exact) mass is 907 g/mol. The van der Waals surface area contributed by atoms with Crippen LogP contribution in [-0.4, -0.2) is 81.6 Å². The van der Waals surface area contributed by atoms with Crippen molar-refractivity contribution in [3.05, 3.63) is 60.8 Å². The van der Waals surface area contributed by atoms with Gasteiger partial charge in [-0.15, -0.1) is 0 Å². The van der Waals surface area contributed by atoms with Crippen molar-refractivity contribution in [2.24, 2.45) is 5.92 Å². The molecular formula is C45H80O14P2. The number of esters is 2. The molecular weight excluding hydrogens is 826 g/mol. The molecule has 0 aliphatic carbocycles. The van der Waals surface area contributed by atoms with Gasteiger partial charge in [-0.05, 0) is 50.9 Å². The summed E-state index contributed by atoms with van der Waals surface area (Å²) in [5.74, 6) is -0.441. The Morgan fingerprint density at radius 2 is 1.05 bits per heavy atom. The first kappa shape index (κ1) is 58.8. The van der Waals surface area contributed by atoms with Crippen LogP contribution in [0, 0.1) is 5.92 Å². The van der Waals surface area contributed by atoms with E-state index in [0.29, 0.717) is 6.42 Å². The summed E-state index contributed by atoms with van der Waals surface area (Å²) in [5, 5.41) is 20.0. The van der Waals surface area contributed by atoms with Crippen molar-refractivity contribution in [3.63, 3.8) is 0 Å². The maximum absolute atomic E-state index is 12.7. The van der Waals surface area contributed by atoms with Gasteiger partial charge in [-0.1, -0.05) is 165 Å². The van der Waals surface area contributed by atoms with E-state index in [2.05, 4.69) is 66.3 Å². The van der Waals surface area contributed by atoms with E-state index in [0.717, 1.165) is 50.9 Å². The van der Waals surface area contributed by atoms with Crippen molar-refractivity contribution in [3.8, 4) is 0 Å². The Morgan fingerprint density at radius 3 is 1.61 bits per heavy atom. The fourth-order valence-electron chi connectivity index (χ4n) is 5.80. The van der Waals surface area contributed by atoms with E-state index in [4.69, 9.17) is 23.8 Å². The van der Waals surface area contributed by atoms with Crippen molar-refractivity contribution in [2.45, 2.75) is 180 Å². The van der Waals surface area contributed by atoms with Crippen molar-refractivity contribution in [2.75, 3.05) is 26.4 Å². The minimum absolute atomic E-state index is 0.100. The first-order valence-electron chi connectivity index (χ1n) is 22.4. The largest absolute Gasteiger partial charge is 0.472 e. The Hall–Kier alpha value is -2.22. The van der Waals surface area contributed by atoms with Crippen molar-refractivity contribution in [1.29, 1.82) is 0 Å². The number of allylic oxidation sites excluding steroid dienone is 9. The fourth-order valence-corrected chi connectivity index (χ4v) is 6.95. The molecule has 16 heteroatoms. The maximum atomic E-state index is 12.7. The van der Waals surface area contributed by atoms with Gasteiger partial charge in [-0.2, -0.15) is 0 Å². The zero-order chi connectivity index (χ0) is 45.5. The summed E-state index contributed by atoms with van der Waals surface area (Å²) < 4.78 is 47.7. The maximum Gasteiger partial charge on any atom is 0.472 e. The molecule has 0 radical (unpaired) electrons. The first-order chi connectivity index (χ1) is 29.1. The van der Waals surface area contributed by atoms with Crippen LogP contribution in [0.2, 0.25) is 0 Å². The molecule has 0 aromatic carbocycles. The molecule has 0 aliphatic heterocycles. The molecule has 0 saturated carbocycles. The van der Waals surface area contributed by atoms with E-state index in [-0.39, 0.29) is 25.7 Å². The summed E-state index contributed by atoms with van der Waals surface area (Å²) in [5.41, 5.74) is 0. The summed E-state index contributed by atoms with van der Waals surface area (Å²) >= 11 is 0. The molecule has 2 unspecified atom stereocenters. The second-order valence-electron chi connectivity index (χ2n) is 15.6. The van der Waals surface area contributed by atoms with E-state index in [1.54, 1.807) is 12.2 Å². The Labute approximate surface area is 366 Å². The summed E-state index contributed by atoms with van der Waals surface area (Å²) in [4.78, 5) is 52.7. The molecule has 0 saturated heterocycles. The third kappa shape index (κ3) is 44.2. The van der Waals surface area contributed by atoms with Gasteiger partial charge >= 0.3 is 27.6 Å². The van der Waals surface area contributed by atoms with Crippen molar-refractivity contribution < 1.29 is 66.7 Å². The highest BCUT2D eigenvalue weighted by Gasteiger charge is 2.28. The normalized spacial score (nSPS) is 15.2. The van der Waals surface area contributed by atoms with Crippen molar-refractivity contribution in [1.82, 2.24) is 0 Å². The molecule has 61 heavy (non-hydrogen) atoms. The van der Waals surface area contributed by atoms with Crippen LogP contribution in [0.1, 0.15) is 162 Å². The molecule has 0 amide bonds. The van der Waals surface area contributed by atoms with Crippen LogP contribution in [0.4, 0.5) is 0 Å². The van der Waals surface area contributed by atoms with Crippen LogP contribution < -0.4 is 0 Å². The molecule has 0 aromatic heterocycles. The number of unbranched alkanes of at least 4 members (excludes halogenated alkanes) is 12. The topological polar surface area (TPSA) is 216 Å². The molecule has 4 atom stereocenters. The standard InChI is InChI=1S/C45H80O14P2/c1-4-5-6-7-8-9-10-12-16-19-22-25-28-32-41(46)33-30-35-45(49)59-43(39-58-61(53,54)57-37-42(47)36-56-60(50,51)52)38-55-44(48)34-29-26-23-20-17-14-11-13-15-18-21-24-27-31-40(2)3/h5-6,8-9,12,16,22,25,28,32,40-43,46-47H,4,7,10-11,13-15,17-21,23-24,26-27,29-31,33-39H2,1-3H3,(H,53,54)(H2,50,51,52)/b6-5-,9-8-,16-12-,25-22-,32-28+/t41?,42-,43+/m0/s1. The average Bonchev–Trinajstić information content (AvgIpc) is 3.20. The number of phosphoric acid groups is 2. The SMILES string of the molecule is CC/C=C\C/C=C\C/C=C\C/C=C\C=C\C(O)CCCC(=O)O[C@H](COC(=O)CCCCCCCCCCCCCCCC(C)C)COP(=O)(O)OC[C@@H](O)COP(=O)(O)O. The van der Waals surface area contributed by atoms with Gasteiger partial charge in [0.1, 0.15) is 12.7 Å². The average molecular weight is 907 g/mol. The fraction of sp³-hybridized carbons (Fsp3) is 0.733. The van der Waals surface area contributed by atoms with Crippen LogP contribution in [-0.2, 0) is 41.8 Å². The Morgan fingerprint density at radius 1 is 0.557 bits per heavy atom. The molecule has 0 fully saturated rings. The second kappa shape index (κ2) is 39.4. The van der Waals surface area contributed by atoms with E-state index in [1.165, 1.54) is 64.2 Å². The van der Waals surface area contributed by atoms with Gasteiger partial charge in [0.05, 0.1) is 25.9 Å². The summed E-state index contributed by atoms with van der Waals surface area (Å²) in [6.45, 7) is 3.74.